The average Bonchev–Trinajstić information content (AvgIpc) is 3.08. The minimum Gasteiger partial charge on any atom is -0.396 e. The van der Waals surface area contributed by atoms with E-state index in [9.17, 15) is 22.8 Å². The van der Waals surface area contributed by atoms with Crippen LogP contribution in [0.2, 0.25) is 0 Å². The molecule has 0 aliphatic rings. The number of aromatic amines is 2. The highest BCUT2D eigenvalue weighted by molar-refractivity contribution is 6.04. The third-order valence-corrected chi connectivity index (χ3v) is 4.95. The first-order chi connectivity index (χ1) is 15.2. The van der Waals surface area contributed by atoms with Gasteiger partial charge in [-0.25, -0.2) is 4.98 Å². The normalized spacial score (nSPS) is 11.9. The van der Waals surface area contributed by atoms with Crippen LogP contribution in [0.25, 0.3) is 33.3 Å². The molecule has 0 unspecified atom stereocenters. The fraction of sp³-hybridized carbons (Fsp3) is 0.190. The second kappa shape index (κ2) is 8.00. The molecule has 0 spiro atoms. The molecule has 5 N–H and O–H groups in total. The minimum absolute atomic E-state index is 0.0433. The SMILES string of the molecule is COCCNC(=O)c1ccc2[nH]c(-c3nc4ccc(C(F)(F)F)cc4[nH]c3=O)c(N)c2c1. The van der Waals surface area contributed by atoms with Crippen molar-refractivity contribution in [3.05, 3.63) is 57.9 Å². The maximum atomic E-state index is 12.9. The molecule has 4 aromatic rings. The topological polar surface area (TPSA) is 126 Å². The highest BCUT2D eigenvalue weighted by atomic mass is 19.4. The highest BCUT2D eigenvalue weighted by Gasteiger charge is 2.30. The number of carbonyl (C=O) groups is 1. The Morgan fingerprint density at radius 3 is 2.66 bits per heavy atom. The largest absolute Gasteiger partial charge is 0.416 e. The van der Waals surface area contributed by atoms with Crippen LogP contribution in [-0.4, -0.2) is 41.1 Å². The van der Waals surface area contributed by atoms with Crippen molar-refractivity contribution in [1.29, 1.82) is 0 Å². The summed E-state index contributed by atoms with van der Waals surface area (Å²) in [6.45, 7) is 0.707. The van der Waals surface area contributed by atoms with Crippen LogP contribution in [-0.2, 0) is 10.9 Å². The first kappa shape index (κ1) is 21.4. The monoisotopic (exact) mass is 445 g/mol. The van der Waals surface area contributed by atoms with Gasteiger partial charge in [0.05, 0.1) is 34.6 Å². The lowest BCUT2D eigenvalue weighted by atomic mass is 10.1. The average molecular weight is 445 g/mol. The number of anilines is 1. The van der Waals surface area contributed by atoms with Crippen molar-refractivity contribution in [2.45, 2.75) is 6.18 Å². The lowest BCUT2D eigenvalue weighted by molar-refractivity contribution is -0.137. The van der Waals surface area contributed by atoms with Gasteiger partial charge in [0.15, 0.2) is 5.69 Å². The molecule has 0 atom stereocenters. The van der Waals surface area contributed by atoms with Gasteiger partial charge in [0.25, 0.3) is 11.5 Å². The fourth-order valence-corrected chi connectivity index (χ4v) is 3.34. The summed E-state index contributed by atoms with van der Waals surface area (Å²) in [5, 5.41) is 3.21. The van der Waals surface area contributed by atoms with E-state index in [1.807, 2.05) is 0 Å². The van der Waals surface area contributed by atoms with Gasteiger partial charge in [0, 0.05) is 30.1 Å². The summed E-state index contributed by atoms with van der Waals surface area (Å²) in [7, 11) is 1.53. The Hall–Kier alpha value is -3.86. The lowest BCUT2D eigenvalue weighted by Gasteiger charge is -2.08. The molecule has 0 fully saturated rings. The van der Waals surface area contributed by atoms with Crippen LogP contribution in [0, 0.1) is 0 Å². The number of nitrogen functional groups attached to an aromatic ring is 1. The van der Waals surface area contributed by atoms with Gasteiger partial charge in [-0.15, -0.1) is 0 Å². The molecule has 0 saturated carbocycles. The number of H-pyrrole nitrogens is 2. The van der Waals surface area contributed by atoms with Gasteiger partial charge < -0.3 is 25.8 Å². The van der Waals surface area contributed by atoms with Crippen molar-refractivity contribution in [3.8, 4) is 11.4 Å². The van der Waals surface area contributed by atoms with E-state index in [2.05, 4.69) is 20.3 Å². The molecule has 0 aliphatic heterocycles. The summed E-state index contributed by atoms with van der Waals surface area (Å²) in [5.74, 6) is -0.312. The quantitative estimate of drug-likeness (QED) is 0.351. The summed E-state index contributed by atoms with van der Waals surface area (Å²) in [5.41, 5.74) is 6.03. The molecule has 0 aliphatic carbocycles. The van der Waals surface area contributed by atoms with E-state index in [0.29, 0.717) is 29.6 Å². The molecular weight excluding hydrogens is 427 g/mol. The predicted molar refractivity (Wildman–Crippen MR) is 113 cm³/mol. The van der Waals surface area contributed by atoms with E-state index in [4.69, 9.17) is 10.5 Å². The number of nitrogens with two attached hydrogens (primary N) is 1. The van der Waals surface area contributed by atoms with Crippen LogP contribution in [0.1, 0.15) is 15.9 Å². The Kier molecular flexibility index (Phi) is 5.35. The van der Waals surface area contributed by atoms with Crippen LogP contribution in [0.5, 0.6) is 0 Å². The number of nitrogens with zero attached hydrogens (tertiary/aromatic N) is 1. The number of halogens is 3. The number of rotatable bonds is 5. The van der Waals surface area contributed by atoms with Crippen molar-refractivity contribution >= 4 is 33.5 Å². The van der Waals surface area contributed by atoms with Gasteiger partial charge in [0.1, 0.15) is 0 Å². The molecular formula is C21H18F3N5O3. The van der Waals surface area contributed by atoms with E-state index >= 15 is 0 Å². The second-order valence-electron chi connectivity index (χ2n) is 7.07. The molecule has 2 heterocycles. The summed E-state index contributed by atoms with van der Waals surface area (Å²) in [6.07, 6.45) is -4.54. The van der Waals surface area contributed by atoms with Crippen LogP contribution < -0.4 is 16.6 Å². The first-order valence-electron chi connectivity index (χ1n) is 9.49. The molecule has 0 bridgehead atoms. The van der Waals surface area contributed by atoms with Crippen LogP contribution in [0.3, 0.4) is 0 Å². The van der Waals surface area contributed by atoms with Crippen LogP contribution >= 0.6 is 0 Å². The number of fused-ring (bicyclic) bond motifs is 2. The molecule has 2 aromatic heterocycles. The fourth-order valence-electron chi connectivity index (χ4n) is 3.34. The molecule has 0 saturated heterocycles. The van der Waals surface area contributed by atoms with Crippen molar-refractivity contribution in [2.75, 3.05) is 26.0 Å². The number of carbonyl (C=O) groups excluding carboxylic acids is 1. The summed E-state index contributed by atoms with van der Waals surface area (Å²) >= 11 is 0. The Bertz CT molecular complexity index is 1390. The van der Waals surface area contributed by atoms with Crippen molar-refractivity contribution in [2.24, 2.45) is 0 Å². The van der Waals surface area contributed by atoms with E-state index < -0.39 is 17.3 Å². The zero-order chi connectivity index (χ0) is 23.0. The zero-order valence-corrected chi connectivity index (χ0v) is 16.8. The van der Waals surface area contributed by atoms with E-state index in [1.165, 1.54) is 13.2 Å². The van der Waals surface area contributed by atoms with E-state index in [1.54, 1.807) is 18.2 Å². The van der Waals surface area contributed by atoms with Crippen molar-refractivity contribution in [1.82, 2.24) is 20.3 Å². The standard InChI is InChI=1S/C21H18F3N5O3/c1-32-7-6-26-19(30)10-2-4-13-12(8-10)16(25)17(27-13)18-20(31)29-15-9-11(21(22,23)24)3-5-14(15)28-18/h2-5,8-9,27H,6-7,25H2,1H3,(H,26,30)(H,29,31). The summed E-state index contributed by atoms with van der Waals surface area (Å²) < 4.78 is 43.7. The van der Waals surface area contributed by atoms with Crippen LogP contribution in [0.4, 0.5) is 18.9 Å². The van der Waals surface area contributed by atoms with E-state index in [-0.39, 0.29) is 34.0 Å². The van der Waals surface area contributed by atoms with Crippen molar-refractivity contribution in [3.63, 3.8) is 0 Å². The third-order valence-electron chi connectivity index (χ3n) is 4.95. The number of alkyl halides is 3. The number of hydrogen-bond donors (Lipinski definition) is 4. The number of aromatic nitrogens is 3. The number of hydrogen-bond acceptors (Lipinski definition) is 5. The minimum atomic E-state index is -4.54. The van der Waals surface area contributed by atoms with Gasteiger partial charge in [-0.2, -0.15) is 13.2 Å². The molecule has 8 nitrogen and oxygen atoms in total. The van der Waals surface area contributed by atoms with Gasteiger partial charge in [-0.05, 0) is 36.4 Å². The molecule has 4 rings (SSSR count). The first-order valence-corrected chi connectivity index (χ1v) is 9.49. The number of amides is 1. The molecule has 32 heavy (non-hydrogen) atoms. The Morgan fingerprint density at radius 2 is 1.94 bits per heavy atom. The second-order valence-corrected chi connectivity index (χ2v) is 7.07. The maximum Gasteiger partial charge on any atom is 0.416 e. The maximum absolute atomic E-state index is 12.9. The molecule has 0 radical (unpaired) electrons. The smallest absolute Gasteiger partial charge is 0.396 e. The highest BCUT2D eigenvalue weighted by Crippen LogP contribution is 2.33. The molecule has 11 heteroatoms. The van der Waals surface area contributed by atoms with Gasteiger partial charge in [0.2, 0.25) is 0 Å². The van der Waals surface area contributed by atoms with Gasteiger partial charge >= 0.3 is 6.18 Å². The number of nitrogens with one attached hydrogen (secondary N) is 3. The predicted octanol–water partition coefficient (Wildman–Crippen LogP) is 3.05. The number of benzene rings is 2. The molecule has 166 valence electrons. The Labute approximate surface area is 178 Å². The zero-order valence-electron chi connectivity index (χ0n) is 16.8. The third kappa shape index (κ3) is 3.89. The number of ether oxygens (including phenoxy) is 1. The van der Waals surface area contributed by atoms with Crippen LogP contribution in [0.15, 0.2) is 41.2 Å². The summed E-state index contributed by atoms with van der Waals surface area (Å²) in [4.78, 5) is 34.5. The van der Waals surface area contributed by atoms with Gasteiger partial charge in [-0.1, -0.05) is 0 Å². The Balaban J connectivity index is 1.76. The summed E-state index contributed by atoms with van der Waals surface area (Å²) in [6, 6.07) is 7.72. The van der Waals surface area contributed by atoms with E-state index in [0.717, 1.165) is 12.1 Å². The molecule has 1 amide bonds. The van der Waals surface area contributed by atoms with Gasteiger partial charge in [-0.3, -0.25) is 9.59 Å². The number of methoxy groups -OCH3 is 1. The van der Waals surface area contributed by atoms with Crippen molar-refractivity contribution < 1.29 is 22.7 Å². The lowest BCUT2D eigenvalue weighted by Crippen LogP contribution is -2.26. The molecule has 2 aromatic carbocycles. The Morgan fingerprint density at radius 1 is 1.16 bits per heavy atom.